The van der Waals surface area contributed by atoms with E-state index < -0.39 is 0 Å². The zero-order valence-electron chi connectivity index (χ0n) is 6.83. The Hall–Kier alpha value is -0.810. The summed E-state index contributed by atoms with van der Waals surface area (Å²) in [5.74, 6) is 0. The number of urea groups is 1. The van der Waals surface area contributed by atoms with Gasteiger partial charge < -0.3 is 14.8 Å². The van der Waals surface area contributed by atoms with Gasteiger partial charge in [0.05, 0.1) is 0 Å². The number of carbonyl (C=O) groups is 1. The largest absolute Gasteiger partial charge is 0.357 e. The Kier molecular flexibility index (Phi) is 2.31. The monoisotopic (exact) mass is 160 g/mol. The average molecular weight is 160 g/mol. The van der Waals surface area contributed by atoms with Gasteiger partial charge in [-0.2, -0.15) is 0 Å². The van der Waals surface area contributed by atoms with E-state index >= 15 is 0 Å². The molecule has 5 nitrogen and oxygen atoms in total. The predicted octanol–water partition coefficient (Wildman–Crippen LogP) is -0.414. The number of likely N-dealkylation sites (N-methyl/N-ethyl adjacent to an activating group) is 1. The van der Waals surface area contributed by atoms with Gasteiger partial charge in [-0.05, 0) is 0 Å². The van der Waals surface area contributed by atoms with Crippen LogP contribution in [0.15, 0.2) is 0 Å². The second-order valence-electron chi connectivity index (χ2n) is 2.34. The molecule has 0 saturated carbocycles. The van der Waals surface area contributed by atoms with Crippen LogP contribution in [0.4, 0.5) is 4.79 Å². The minimum Gasteiger partial charge on any atom is -0.357 e. The third-order valence-corrected chi connectivity index (χ3v) is 1.72. The highest BCUT2D eigenvalue weighted by Gasteiger charge is 2.36. The average Bonchev–Trinajstić information content (AvgIpc) is 2.28. The molecule has 1 fully saturated rings. The smallest absolute Gasteiger partial charge is 0.321 e. The van der Waals surface area contributed by atoms with Gasteiger partial charge in [0, 0.05) is 21.3 Å². The van der Waals surface area contributed by atoms with Crippen LogP contribution in [0.3, 0.4) is 0 Å². The van der Waals surface area contributed by atoms with Crippen molar-refractivity contribution in [2.45, 2.75) is 12.5 Å². The van der Waals surface area contributed by atoms with E-state index in [1.54, 1.807) is 7.05 Å². The van der Waals surface area contributed by atoms with Crippen molar-refractivity contribution in [1.82, 2.24) is 10.2 Å². The van der Waals surface area contributed by atoms with Crippen LogP contribution in [0, 0.1) is 0 Å². The van der Waals surface area contributed by atoms with Crippen molar-refractivity contribution in [2.75, 3.05) is 21.3 Å². The molecule has 1 rings (SSSR count). The Labute approximate surface area is 65.3 Å². The maximum atomic E-state index is 11.0. The van der Waals surface area contributed by atoms with Crippen LogP contribution in [-0.4, -0.2) is 44.7 Å². The first kappa shape index (κ1) is 8.29. The summed E-state index contributed by atoms with van der Waals surface area (Å²) in [5.41, 5.74) is 0. The molecule has 1 heterocycles. The lowest BCUT2D eigenvalue weighted by atomic mass is 10.5. The van der Waals surface area contributed by atoms with E-state index in [9.17, 15) is 4.79 Å². The number of hydrogen-bond acceptors (Lipinski definition) is 3. The summed E-state index contributed by atoms with van der Waals surface area (Å²) < 4.78 is 9.97. The molecule has 1 aliphatic rings. The zero-order valence-corrected chi connectivity index (χ0v) is 6.83. The van der Waals surface area contributed by atoms with Crippen LogP contribution in [0.5, 0.6) is 0 Å². The third-order valence-electron chi connectivity index (χ3n) is 1.72. The summed E-state index contributed by atoms with van der Waals surface area (Å²) in [4.78, 5) is 12.4. The number of methoxy groups -OCH3 is 2. The van der Waals surface area contributed by atoms with E-state index in [1.807, 2.05) is 0 Å². The SMILES string of the molecule is COC1NC(=O)N(C)C1OC. The highest BCUT2D eigenvalue weighted by molar-refractivity contribution is 5.76. The molecular weight excluding hydrogens is 148 g/mol. The molecule has 0 bridgehead atoms. The molecule has 0 radical (unpaired) electrons. The number of rotatable bonds is 2. The van der Waals surface area contributed by atoms with E-state index in [1.165, 1.54) is 19.1 Å². The predicted molar refractivity (Wildman–Crippen MR) is 37.9 cm³/mol. The molecule has 1 aliphatic heterocycles. The minimum absolute atomic E-state index is 0.177. The summed E-state index contributed by atoms with van der Waals surface area (Å²) in [7, 11) is 4.71. The van der Waals surface area contributed by atoms with Gasteiger partial charge in [0.1, 0.15) is 0 Å². The molecule has 64 valence electrons. The molecule has 0 aromatic heterocycles. The van der Waals surface area contributed by atoms with Crippen LogP contribution in [0.25, 0.3) is 0 Å². The van der Waals surface area contributed by atoms with Gasteiger partial charge in [0.2, 0.25) is 0 Å². The van der Waals surface area contributed by atoms with Crippen molar-refractivity contribution >= 4 is 6.03 Å². The van der Waals surface area contributed by atoms with Gasteiger partial charge in [0.25, 0.3) is 0 Å². The van der Waals surface area contributed by atoms with E-state index in [2.05, 4.69) is 5.32 Å². The summed E-state index contributed by atoms with van der Waals surface area (Å²) >= 11 is 0. The fourth-order valence-electron chi connectivity index (χ4n) is 1.07. The molecule has 2 unspecified atom stereocenters. The van der Waals surface area contributed by atoms with Crippen molar-refractivity contribution < 1.29 is 14.3 Å². The normalized spacial score (nSPS) is 30.8. The molecule has 2 amide bonds. The van der Waals surface area contributed by atoms with Crippen LogP contribution in [0.1, 0.15) is 0 Å². The van der Waals surface area contributed by atoms with Gasteiger partial charge in [-0.25, -0.2) is 4.79 Å². The lowest BCUT2D eigenvalue weighted by molar-refractivity contribution is -0.0720. The molecule has 0 aliphatic carbocycles. The molecule has 0 spiro atoms. The topological polar surface area (TPSA) is 50.8 Å². The first-order chi connectivity index (χ1) is 5.20. The molecule has 2 atom stereocenters. The van der Waals surface area contributed by atoms with E-state index in [-0.39, 0.29) is 18.5 Å². The molecule has 1 saturated heterocycles. The van der Waals surface area contributed by atoms with Gasteiger partial charge in [0.15, 0.2) is 12.5 Å². The molecule has 0 aromatic carbocycles. The number of ether oxygens (including phenoxy) is 2. The van der Waals surface area contributed by atoms with Gasteiger partial charge in [-0.15, -0.1) is 0 Å². The molecular formula is C6H12N2O3. The maximum Gasteiger partial charge on any atom is 0.321 e. The highest BCUT2D eigenvalue weighted by atomic mass is 16.6. The van der Waals surface area contributed by atoms with E-state index in [4.69, 9.17) is 9.47 Å². The number of nitrogens with one attached hydrogen (secondary N) is 1. The Morgan fingerprint density at radius 2 is 2.09 bits per heavy atom. The zero-order chi connectivity index (χ0) is 8.43. The number of amides is 2. The van der Waals surface area contributed by atoms with Crippen molar-refractivity contribution in [3.05, 3.63) is 0 Å². The van der Waals surface area contributed by atoms with Gasteiger partial charge in [-0.3, -0.25) is 4.90 Å². The molecule has 11 heavy (non-hydrogen) atoms. The lowest BCUT2D eigenvalue weighted by Gasteiger charge is -2.19. The van der Waals surface area contributed by atoms with Crippen LogP contribution < -0.4 is 5.32 Å². The Balaban J connectivity index is 2.64. The summed E-state index contributed by atoms with van der Waals surface area (Å²) in [5, 5.41) is 2.59. The molecule has 5 heteroatoms. The Bertz CT molecular complexity index is 162. The molecule has 0 aromatic rings. The number of nitrogens with zero attached hydrogens (tertiary/aromatic N) is 1. The fourth-order valence-corrected chi connectivity index (χ4v) is 1.07. The number of carbonyl (C=O) groups excluding carboxylic acids is 1. The van der Waals surface area contributed by atoms with Crippen molar-refractivity contribution in [3.8, 4) is 0 Å². The Morgan fingerprint density at radius 3 is 2.45 bits per heavy atom. The molecule has 1 N–H and O–H groups in total. The lowest BCUT2D eigenvalue weighted by Crippen LogP contribution is -2.37. The summed E-state index contributed by atoms with van der Waals surface area (Å²) in [6.07, 6.45) is -0.690. The second kappa shape index (κ2) is 3.06. The van der Waals surface area contributed by atoms with E-state index in [0.717, 1.165) is 0 Å². The van der Waals surface area contributed by atoms with Crippen molar-refractivity contribution in [3.63, 3.8) is 0 Å². The number of hydrogen-bond donors (Lipinski definition) is 1. The van der Waals surface area contributed by atoms with Gasteiger partial charge >= 0.3 is 6.03 Å². The second-order valence-corrected chi connectivity index (χ2v) is 2.34. The van der Waals surface area contributed by atoms with Crippen molar-refractivity contribution in [2.24, 2.45) is 0 Å². The summed E-state index contributed by atoms with van der Waals surface area (Å²) in [6.45, 7) is 0. The van der Waals surface area contributed by atoms with Gasteiger partial charge in [-0.1, -0.05) is 0 Å². The van der Waals surface area contributed by atoms with Crippen LogP contribution in [0.2, 0.25) is 0 Å². The first-order valence-electron chi connectivity index (χ1n) is 3.29. The summed E-state index contributed by atoms with van der Waals surface area (Å²) in [6, 6.07) is -0.177. The van der Waals surface area contributed by atoms with Crippen LogP contribution >= 0.6 is 0 Å². The maximum absolute atomic E-state index is 11.0. The quantitative estimate of drug-likeness (QED) is 0.597. The van der Waals surface area contributed by atoms with Crippen LogP contribution in [-0.2, 0) is 9.47 Å². The van der Waals surface area contributed by atoms with E-state index in [0.29, 0.717) is 0 Å². The minimum atomic E-state index is -0.363. The highest BCUT2D eigenvalue weighted by Crippen LogP contribution is 2.11. The third kappa shape index (κ3) is 1.29. The fraction of sp³-hybridized carbons (Fsp3) is 0.833. The van der Waals surface area contributed by atoms with Crippen molar-refractivity contribution in [1.29, 1.82) is 0 Å². The first-order valence-corrected chi connectivity index (χ1v) is 3.29. The standard InChI is InChI=1S/C6H12N2O3/c1-8-5(11-3)4(10-2)7-6(8)9/h4-5H,1-3H3,(H,7,9). The Morgan fingerprint density at radius 1 is 1.45 bits per heavy atom.